The summed E-state index contributed by atoms with van der Waals surface area (Å²) in [6.45, 7) is 6.12. The average molecular weight is 304 g/mol. The zero-order valence-electron chi connectivity index (χ0n) is 12.4. The molecule has 0 radical (unpaired) electrons. The maximum Gasteiger partial charge on any atom is 0.160 e. The normalized spacial score (nSPS) is 14.5. The van der Waals surface area contributed by atoms with Crippen LogP contribution in [-0.2, 0) is 6.42 Å². The third kappa shape index (κ3) is 2.56. The molecule has 110 valence electrons. The van der Waals surface area contributed by atoms with Crippen molar-refractivity contribution in [2.75, 3.05) is 0 Å². The number of hydrogen-bond acceptors (Lipinski definition) is 3. The number of rotatable bonds is 4. The van der Waals surface area contributed by atoms with Gasteiger partial charge in [-0.05, 0) is 44.5 Å². The van der Waals surface area contributed by atoms with Crippen LogP contribution in [0.15, 0.2) is 35.1 Å². The molecule has 2 unspecified atom stereocenters. The largest absolute Gasteiger partial charge is 0.469 e. The molecule has 5 heteroatoms. The fourth-order valence-corrected chi connectivity index (χ4v) is 2.81. The topological polar surface area (TPSA) is 43.9 Å². The summed E-state index contributed by atoms with van der Waals surface area (Å²) in [5.41, 5.74) is 2.92. The Bertz CT molecular complexity index is 746. The van der Waals surface area contributed by atoms with Crippen LogP contribution in [0.4, 0.5) is 0 Å². The molecule has 0 amide bonds. The van der Waals surface area contributed by atoms with E-state index < -0.39 is 0 Å². The number of pyridine rings is 1. The molecule has 0 fully saturated rings. The van der Waals surface area contributed by atoms with Gasteiger partial charge < -0.3 is 8.98 Å². The van der Waals surface area contributed by atoms with Crippen LogP contribution in [0, 0.1) is 6.92 Å². The second kappa shape index (κ2) is 5.53. The number of fused-ring (bicyclic) bond motifs is 1. The lowest BCUT2D eigenvalue weighted by molar-refractivity contribution is 0.445. The van der Waals surface area contributed by atoms with Crippen LogP contribution in [0.3, 0.4) is 0 Å². The Morgan fingerprint density at radius 2 is 2.14 bits per heavy atom. The molecule has 0 saturated carbocycles. The highest BCUT2D eigenvalue weighted by Gasteiger charge is 2.21. The molecule has 0 aliphatic heterocycles. The number of aryl methyl sites for hydroxylation is 1. The van der Waals surface area contributed by atoms with E-state index in [2.05, 4.69) is 16.5 Å². The summed E-state index contributed by atoms with van der Waals surface area (Å²) in [5.74, 6) is 1.80. The third-order valence-electron chi connectivity index (χ3n) is 3.68. The minimum absolute atomic E-state index is 0.169. The van der Waals surface area contributed by atoms with E-state index in [1.165, 1.54) is 0 Å². The number of halogens is 1. The van der Waals surface area contributed by atoms with Crippen molar-refractivity contribution in [2.45, 2.75) is 38.6 Å². The Hall–Kier alpha value is -1.81. The van der Waals surface area contributed by atoms with Crippen LogP contribution in [0.1, 0.15) is 42.4 Å². The first-order valence-corrected chi connectivity index (χ1v) is 7.51. The molecule has 3 aromatic rings. The van der Waals surface area contributed by atoms with E-state index >= 15 is 0 Å². The van der Waals surface area contributed by atoms with Crippen molar-refractivity contribution in [1.29, 1.82) is 0 Å². The van der Waals surface area contributed by atoms with Crippen molar-refractivity contribution in [3.63, 3.8) is 0 Å². The molecular weight excluding hydrogens is 286 g/mol. The molecular formula is C16H18ClN3O. The predicted molar refractivity (Wildman–Crippen MR) is 83.7 cm³/mol. The van der Waals surface area contributed by atoms with Crippen LogP contribution >= 0.6 is 11.6 Å². The van der Waals surface area contributed by atoms with Gasteiger partial charge in [-0.3, -0.25) is 0 Å². The molecule has 4 nitrogen and oxygen atoms in total. The maximum atomic E-state index is 6.32. The van der Waals surface area contributed by atoms with E-state index in [4.69, 9.17) is 21.0 Å². The molecule has 0 aromatic carbocycles. The number of nitrogens with zero attached hydrogens (tertiary/aromatic N) is 3. The lowest BCUT2D eigenvalue weighted by atomic mass is 10.2. The summed E-state index contributed by atoms with van der Waals surface area (Å²) in [5, 5.41) is -0.169. The molecule has 3 heterocycles. The fraction of sp³-hybridized carbons (Fsp3) is 0.375. The lowest BCUT2D eigenvalue weighted by Crippen LogP contribution is -2.12. The Morgan fingerprint density at radius 1 is 1.33 bits per heavy atom. The van der Waals surface area contributed by atoms with Crippen molar-refractivity contribution >= 4 is 22.8 Å². The molecule has 2 atom stereocenters. The highest BCUT2D eigenvalue weighted by molar-refractivity contribution is 6.20. The van der Waals surface area contributed by atoms with Gasteiger partial charge in [0.15, 0.2) is 5.65 Å². The summed E-state index contributed by atoms with van der Waals surface area (Å²) in [7, 11) is 0. The van der Waals surface area contributed by atoms with E-state index in [9.17, 15) is 0 Å². The zero-order valence-corrected chi connectivity index (χ0v) is 13.1. The molecule has 3 aromatic heterocycles. The summed E-state index contributed by atoms with van der Waals surface area (Å²) in [6, 6.07) is 6.03. The van der Waals surface area contributed by atoms with Crippen molar-refractivity contribution in [2.24, 2.45) is 0 Å². The van der Waals surface area contributed by atoms with E-state index in [-0.39, 0.29) is 11.4 Å². The second-order valence-electron chi connectivity index (χ2n) is 5.39. The SMILES string of the molecule is Cc1ccnc2c1nc(C(C)Cl)n2C(C)Cc1ccco1. The highest BCUT2D eigenvalue weighted by Crippen LogP contribution is 2.29. The van der Waals surface area contributed by atoms with Crippen LogP contribution < -0.4 is 0 Å². The minimum Gasteiger partial charge on any atom is -0.469 e. The molecule has 21 heavy (non-hydrogen) atoms. The molecule has 0 aliphatic carbocycles. The number of hydrogen-bond donors (Lipinski definition) is 0. The van der Waals surface area contributed by atoms with Gasteiger partial charge >= 0.3 is 0 Å². The Labute approximate surface area is 128 Å². The number of alkyl halides is 1. The Balaban J connectivity index is 2.10. The monoisotopic (exact) mass is 303 g/mol. The van der Waals surface area contributed by atoms with Crippen molar-refractivity contribution < 1.29 is 4.42 Å². The van der Waals surface area contributed by atoms with E-state index in [0.717, 1.165) is 34.7 Å². The van der Waals surface area contributed by atoms with Gasteiger partial charge in [0.1, 0.15) is 17.1 Å². The maximum absolute atomic E-state index is 6.32. The van der Waals surface area contributed by atoms with Gasteiger partial charge in [-0.15, -0.1) is 11.6 Å². The average Bonchev–Trinajstić information content (AvgIpc) is 3.05. The summed E-state index contributed by atoms with van der Waals surface area (Å²) >= 11 is 6.32. The standard InChI is InChI=1S/C16H18ClN3O/c1-10-6-7-18-16-14(10)19-15(12(3)17)20(16)11(2)9-13-5-4-8-21-13/h4-8,11-12H,9H2,1-3H3. The minimum atomic E-state index is -0.169. The number of furan rings is 1. The summed E-state index contributed by atoms with van der Waals surface area (Å²) in [6.07, 6.45) is 4.30. The first kappa shape index (κ1) is 14.1. The van der Waals surface area contributed by atoms with Crippen LogP contribution in [0.2, 0.25) is 0 Å². The molecule has 0 bridgehead atoms. The van der Waals surface area contributed by atoms with Gasteiger partial charge in [0.25, 0.3) is 0 Å². The third-order valence-corrected chi connectivity index (χ3v) is 3.88. The number of aromatic nitrogens is 3. The van der Waals surface area contributed by atoms with Gasteiger partial charge in [-0.1, -0.05) is 0 Å². The van der Waals surface area contributed by atoms with E-state index in [0.29, 0.717) is 0 Å². The fourth-order valence-electron chi connectivity index (χ4n) is 2.65. The van der Waals surface area contributed by atoms with Crippen LogP contribution in [-0.4, -0.2) is 14.5 Å². The van der Waals surface area contributed by atoms with E-state index in [1.807, 2.05) is 38.2 Å². The Kier molecular flexibility index (Phi) is 3.72. The van der Waals surface area contributed by atoms with Crippen LogP contribution in [0.25, 0.3) is 11.2 Å². The lowest BCUT2D eigenvalue weighted by Gasteiger charge is -2.17. The molecule has 0 saturated heterocycles. The second-order valence-corrected chi connectivity index (χ2v) is 6.04. The molecule has 0 aliphatic rings. The van der Waals surface area contributed by atoms with Gasteiger partial charge in [-0.2, -0.15) is 0 Å². The van der Waals surface area contributed by atoms with Crippen LogP contribution in [0.5, 0.6) is 0 Å². The quantitative estimate of drug-likeness (QED) is 0.669. The summed E-state index contributed by atoms with van der Waals surface area (Å²) < 4.78 is 7.58. The van der Waals surface area contributed by atoms with Gasteiger partial charge in [0.2, 0.25) is 0 Å². The van der Waals surface area contributed by atoms with Gasteiger partial charge in [0, 0.05) is 18.7 Å². The molecule has 3 rings (SSSR count). The molecule has 0 spiro atoms. The highest BCUT2D eigenvalue weighted by atomic mass is 35.5. The number of imidazole rings is 1. The van der Waals surface area contributed by atoms with Crippen molar-refractivity contribution in [1.82, 2.24) is 14.5 Å². The predicted octanol–water partition coefficient (Wildman–Crippen LogP) is 4.44. The molecule has 0 N–H and O–H groups in total. The van der Waals surface area contributed by atoms with Gasteiger partial charge in [-0.25, -0.2) is 9.97 Å². The first-order chi connectivity index (χ1) is 10.1. The van der Waals surface area contributed by atoms with Gasteiger partial charge in [0.05, 0.1) is 11.6 Å². The van der Waals surface area contributed by atoms with Crippen molar-refractivity contribution in [3.8, 4) is 0 Å². The smallest absolute Gasteiger partial charge is 0.160 e. The van der Waals surface area contributed by atoms with Crippen molar-refractivity contribution in [3.05, 3.63) is 47.8 Å². The summed E-state index contributed by atoms with van der Waals surface area (Å²) in [4.78, 5) is 9.21. The zero-order chi connectivity index (χ0) is 15.0. The Morgan fingerprint density at radius 3 is 2.81 bits per heavy atom. The van der Waals surface area contributed by atoms with E-state index in [1.54, 1.807) is 6.26 Å². The first-order valence-electron chi connectivity index (χ1n) is 7.08.